The topological polar surface area (TPSA) is 32.5 Å². The SMILES string of the molecule is C[C@@H](N)c1cccc(F)c1N1CCCN2CCCC2C1. The van der Waals surface area contributed by atoms with E-state index >= 15 is 0 Å². The summed E-state index contributed by atoms with van der Waals surface area (Å²) in [4.78, 5) is 4.79. The highest BCUT2D eigenvalue weighted by atomic mass is 19.1. The Labute approximate surface area is 120 Å². The smallest absolute Gasteiger partial charge is 0.146 e. The summed E-state index contributed by atoms with van der Waals surface area (Å²) >= 11 is 0. The second kappa shape index (κ2) is 5.70. The summed E-state index contributed by atoms with van der Waals surface area (Å²) in [5.74, 6) is -0.133. The molecule has 0 aromatic heterocycles. The van der Waals surface area contributed by atoms with Crippen molar-refractivity contribution in [3.8, 4) is 0 Å². The lowest BCUT2D eigenvalue weighted by molar-refractivity contribution is 0.273. The fraction of sp³-hybridized carbons (Fsp3) is 0.625. The van der Waals surface area contributed by atoms with Crippen LogP contribution in [0.3, 0.4) is 0 Å². The molecule has 0 bridgehead atoms. The average molecular weight is 277 g/mol. The fourth-order valence-corrected chi connectivity index (χ4v) is 3.64. The largest absolute Gasteiger partial charge is 0.367 e. The zero-order chi connectivity index (χ0) is 14.1. The normalized spacial score (nSPS) is 25.4. The maximum Gasteiger partial charge on any atom is 0.146 e. The number of hydrogen-bond donors (Lipinski definition) is 1. The highest BCUT2D eigenvalue weighted by Crippen LogP contribution is 2.31. The minimum atomic E-state index is -0.136. The van der Waals surface area contributed by atoms with Crippen LogP contribution in [0.1, 0.15) is 37.8 Å². The summed E-state index contributed by atoms with van der Waals surface area (Å²) in [6.45, 7) is 6.13. The summed E-state index contributed by atoms with van der Waals surface area (Å²) in [7, 11) is 0. The van der Waals surface area contributed by atoms with E-state index in [1.54, 1.807) is 12.1 Å². The first-order valence-electron chi connectivity index (χ1n) is 7.70. The number of para-hydroxylation sites is 1. The van der Waals surface area contributed by atoms with Crippen molar-refractivity contribution in [3.63, 3.8) is 0 Å². The number of anilines is 1. The molecule has 1 aromatic rings. The van der Waals surface area contributed by atoms with E-state index in [2.05, 4.69) is 9.80 Å². The van der Waals surface area contributed by atoms with Crippen LogP contribution in [0.2, 0.25) is 0 Å². The van der Waals surface area contributed by atoms with E-state index in [1.165, 1.54) is 19.4 Å². The Morgan fingerprint density at radius 2 is 2.05 bits per heavy atom. The maximum absolute atomic E-state index is 14.4. The van der Waals surface area contributed by atoms with Gasteiger partial charge in [0, 0.05) is 31.7 Å². The summed E-state index contributed by atoms with van der Waals surface area (Å²) < 4.78 is 14.4. The van der Waals surface area contributed by atoms with Crippen LogP contribution in [-0.2, 0) is 0 Å². The highest BCUT2D eigenvalue weighted by Gasteiger charge is 2.30. The van der Waals surface area contributed by atoms with Crippen LogP contribution in [0.25, 0.3) is 0 Å². The second-order valence-electron chi connectivity index (χ2n) is 6.10. The van der Waals surface area contributed by atoms with Crippen LogP contribution in [0.15, 0.2) is 18.2 Å². The van der Waals surface area contributed by atoms with Gasteiger partial charge in [-0.25, -0.2) is 4.39 Å². The Balaban J connectivity index is 1.91. The van der Waals surface area contributed by atoms with E-state index < -0.39 is 0 Å². The number of fused-ring (bicyclic) bond motifs is 1. The lowest BCUT2D eigenvalue weighted by atomic mass is 10.0. The zero-order valence-corrected chi connectivity index (χ0v) is 12.2. The van der Waals surface area contributed by atoms with Gasteiger partial charge in [0.25, 0.3) is 0 Å². The van der Waals surface area contributed by atoms with E-state index in [1.807, 2.05) is 13.0 Å². The molecule has 2 heterocycles. The van der Waals surface area contributed by atoms with Crippen LogP contribution >= 0.6 is 0 Å². The van der Waals surface area contributed by atoms with Crippen molar-refractivity contribution in [2.24, 2.45) is 5.73 Å². The Kier molecular flexibility index (Phi) is 3.94. The predicted molar refractivity (Wildman–Crippen MR) is 80.4 cm³/mol. The molecule has 2 N–H and O–H groups in total. The molecule has 2 saturated heterocycles. The van der Waals surface area contributed by atoms with Crippen LogP contribution in [0.4, 0.5) is 10.1 Å². The average Bonchev–Trinajstić information content (AvgIpc) is 2.76. The molecule has 4 heteroatoms. The number of rotatable bonds is 2. The molecule has 2 aliphatic heterocycles. The van der Waals surface area contributed by atoms with Crippen LogP contribution in [-0.4, -0.2) is 37.1 Å². The Morgan fingerprint density at radius 3 is 2.85 bits per heavy atom. The molecule has 2 fully saturated rings. The molecule has 1 aromatic carbocycles. The van der Waals surface area contributed by atoms with Crippen molar-refractivity contribution in [1.29, 1.82) is 0 Å². The molecular weight excluding hydrogens is 253 g/mol. The van der Waals surface area contributed by atoms with Crippen LogP contribution < -0.4 is 10.6 Å². The van der Waals surface area contributed by atoms with Gasteiger partial charge >= 0.3 is 0 Å². The lowest BCUT2D eigenvalue weighted by Crippen LogP contribution is -2.37. The number of hydrogen-bond acceptors (Lipinski definition) is 3. The third kappa shape index (κ3) is 2.54. The van der Waals surface area contributed by atoms with Gasteiger partial charge in [0.1, 0.15) is 5.82 Å². The van der Waals surface area contributed by atoms with E-state index in [4.69, 9.17) is 5.73 Å². The van der Waals surface area contributed by atoms with E-state index in [0.717, 1.165) is 37.3 Å². The van der Waals surface area contributed by atoms with Gasteiger partial charge < -0.3 is 10.6 Å². The van der Waals surface area contributed by atoms with E-state index in [-0.39, 0.29) is 11.9 Å². The molecule has 0 aliphatic carbocycles. The fourth-order valence-electron chi connectivity index (χ4n) is 3.64. The third-order valence-electron chi connectivity index (χ3n) is 4.63. The lowest BCUT2D eigenvalue weighted by Gasteiger charge is -2.30. The molecule has 1 unspecified atom stereocenters. The van der Waals surface area contributed by atoms with Gasteiger partial charge in [-0.2, -0.15) is 0 Å². The van der Waals surface area contributed by atoms with Gasteiger partial charge in [0.15, 0.2) is 0 Å². The molecule has 3 nitrogen and oxygen atoms in total. The molecule has 0 radical (unpaired) electrons. The van der Waals surface area contributed by atoms with Gasteiger partial charge in [0.05, 0.1) is 5.69 Å². The predicted octanol–water partition coefficient (Wildman–Crippen LogP) is 2.52. The van der Waals surface area contributed by atoms with Crippen molar-refractivity contribution >= 4 is 5.69 Å². The molecule has 0 spiro atoms. The van der Waals surface area contributed by atoms with Crippen molar-refractivity contribution in [2.45, 2.75) is 38.3 Å². The zero-order valence-electron chi connectivity index (χ0n) is 12.2. The summed E-state index contributed by atoms with van der Waals surface area (Å²) in [6, 6.07) is 5.72. The number of nitrogens with two attached hydrogens (primary N) is 1. The minimum absolute atomic E-state index is 0.133. The first kappa shape index (κ1) is 13.8. The van der Waals surface area contributed by atoms with Gasteiger partial charge in [-0.3, -0.25) is 4.90 Å². The molecular formula is C16H24FN3. The Bertz CT molecular complexity index is 475. The molecule has 2 aliphatic rings. The van der Waals surface area contributed by atoms with Crippen LogP contribution in [0, 0.1) is 5.82 Å². The van der Waals surface area contributed by atoms with E-state index in [9.17, 15) is 4.39 Å². The highest BCUT2D eigenvalue weighted by molar-refractivity contribution is 5.56. The van der Waals surface area contributed by atoms with Gasteiger partial charge in [-0.1, -0.05) is 12.1 Å². The number of nitrogens with zero attached hydrogens (tertiary/aromatic N) is 2. The van der Waals surface area contributed by atoms with Crippen molar-refractivity contribution in [2.75, 3.05) is 31.1 Å². The Morgan fingerprint density at radius 1 is 1.25 bits per heavy atom. The molecule has 110 valence electrons. The number of benzene rings is 1. The summed E-state index contributed by atoms with van der Waals surface area (Å²) in [5, 5.41) is 0. The number of halogens is 1. The van der Waals surface area contributed by atoms with Crippen molar-refractivity contribution in [1.82, 2.24) is 4.90 Å². The quantitative estimate of drug-likeness (QED) is 0.901. The minimum Gasteiger partial charge on any atom is -0.367 e. The molecule has 0 saturated carbocycles. The monoisotopic (exact) mass is 277 g/mol. The summed E-state index contributed by atoms with van der Waals surface area (Å²) in [6.07, 6.45) is 3.61. The second-order valence-corrected chi connectivity index (χ2v) is 6.10. The first-order valence-corrected chi connectivity index (χ1v) is 7.70. The van der Waals surface area contributed by atoms with Crippen molar-refractivity contribution < 1.29 is 4.39 Å². The van der Waals surface area contributed by atoms with Gasteiger partial charge in [-0.15, -0.1) is 0 Å². The third-order valence-corrected chi connectivity index (χ3v) is 4.63. The maximum atomic E-state index is 14.4. The molecule has 2 atom stereocenters. The van der Waals surface area contributed by atoms with Crippen LogP contribution in [0.5, 0.6) is 0 Å². The first-order chi connectivity index (χ1) is 9.66. The molecule has 0 amide bonds. The standard InChI is InChI=1S/C16H24FN3/c1-12(18)14-6-2-7-15(17)16(14)20-10-4-9-19-8-3-5-13(19)11-20/h2,6-7,12-13H,3-5,8-11,18H2,1H3/t12-,13?/m1/s1. The molecule has 20 heavy (non-hydrogen) atoms. The van der Waals surface area contributed by atoms with E-state index in [0.29, 0.717) is 6.04 Å². The Hall–Kier alpha value is -1.13. The van der Waals surface area contributed by atoms with Gasteiger partial charge in [0.2, 0.25) is 0 Å². The molecule has 3 rings (SSSR count). The van der Waals surface area contributed by atoms with Gasteiger partial charge in [-0.05, 0) is 44.4 Å². The summed E-state index contributed by atoms with van der Waals surface area (Å²) in [5.41, 5.74) is 7.69. The van der Waals surface area contributed by atoms with Crippen molar-refractivity contribution in [3.05, 3.63) is 29.6 Å².